The normalized spacial score (nSPS) is 22.2. The van der Waals surface area contributed by atoms with Crippen molar-refractivity contribution < 1.29 is 23.9 Å². The number of nitrogens with zero attached hydrogens (tertiary/aromatic N) is 2. The SMILES string of the molecule is CC1CCC2(CC1)NC(=O)N(NC(=O)COC(=O)c1cccnc1Sc1ccccc1)C2=O. The minimum atomic E-state index is -0.965. The van der Waals surface area contributed by atoms with Crippen molar-refractivity contribution in [1.82, 2.24) is 20.7 Å². The van der Waals surface area contributed by atoms with Crippen molar-refractivity contribution in [2.75, 3.05) is 6.61 Å². The lowest BCUT2D eigenvalue weighted by Crippen LogP contribution is -2.52. The Labute approximate surface area is 195 Å². The molecule has 2 fully saturated rings. The molecule has 33 heavy (non-hydrogen) atoms. The molecule has 1 spiro atoms. The number of hydrogen-bond donors (Lipinski definition) is 2. The number of rotatable bonds is 6. The van der Waals surface area contributed by atoms with Crippen LogP contribution in [0.3, 0.4) is 0 Å². The van der Waals surface area contributed by atoms with Crippen LogP contribution >= 0.6 is 11.8 Å². The summed E-state index contributed by atoms with van der Waals surface area (Å²) in [7, 11) is 0. The monoisotopic (exact) mass is 468 g/mol. The van der Waals surface area contributed by atoms with Crippen LogP contribution in [0.2, 0.25) is 0 Å². The summed E-state index contributed by atoms with van der Waals surface area (Å²) in [6.07, 6.45) is 4.26. The number of hydrazine groups is 1. The number of ether oxygens (including phenoxy) is 1. The molecule has 1 aliphatic heterocycles. The molecule has 1 saturated heterocycles. The summed E-state index contributed by atoms with van der Waals surface area (Å²) >= 11 is 1.30. The highest BCUT2D eigenvalue weighted by molar-refractivity contribution is 7.99. The topological polar surface area (TPSA) is 118 Å². The highest BCUT2D eigenvalue weighted by atomic mass is 32.2. The van der Waals surface area contributed by atoms with Gasteiger partial charge in [-0.25, -0.2) is 14.6 Å². The summed E-state index contributed by atoms with van der Waals surface area (Å²) in [6, 6.07) is 11.9. The molecule has 1 saturated carbocycles. The van der Waals surface area contributed by atoms with Crippen molar-refractivity contribution >= 4 is 35.6 Å². The van der Waals surface area contributed by atoms with Gasteiger partial charge >= 0.3 is 12.0 Å². The zero-order chi connectivity index (χ0) is 23.4. The van der Waals surface area contributed by atoms with E-state index in [2.05, 4.69) is 22.7 Å². The fraction of sp³-hybridized carbons (Fsp3) is 0.348. The first-order chi connectivity index (χ1) is 15.9. The van der Waals surface area contributed by atoms with Crippen LogP contribution in [0.1, 0.15) is 43.0 Å². The van der Waals surface area contributed by atoms with Crippen LogP contribution in [-0.4, -0.2) is 46.0 Å². The number of aromatic nitrogens is 1. The molecule has 10 heteroatoms. The molecule has 0 radical (unpaired) electrons. The highest BCUT2D eigenvalue weighted by Gasteiger charge is 2.52. The molecule has 172 valence electrons. The molecule has 2 heterocycles. The molecule has 2 aromatic rings. The number of esters is 1. The fourth-order valence-corrected chi connectivity index (χ4v) is 4.80. The van der Waals surface area contributed by atoms with Crippen molar-refractivity contribution in [2.45, 2.75) is 48.1 Å². The second-order valence-corrected chi connectivity index (χ2v) is 9.28. The molecule has 4 amide bonds. The minimum absolute atomic E-state index is 0.212. The molecule has 0 atom stereocenters. The van der Waals surface area contributed by atoms with Crippen LogP contribution in [-0.2, 0) is 14.3 Å². The van der Waals surface area contributed by atoms with E-state index in [4.69, 9.17) is 4.74 Å². The minimum Gasteiger partial charge on any atom is -0.452 e. The molecule has 1 aliphatic carbocycles. The predicted octanol–water partition coefficient (Wildman–Crippen LogP) is 2.92. The second-order valence-electron chi connectivity index (χ2n) is 8.22. The van der Waals surface area contributed by atoms with E-state index >= 15 is 0 Å². The van der Waals surface area contributed by atoms with Crippen molar-refractivity contribution in [3.05, 3.63) is 54.2 Å². The third kappa shape index (κ3) is 5.00. The van der Waals surface area contributed by atoms with E-state index in [1.807, 2.05) is 30.3 Å². The van der Waals surface area contributed by atoms with Crippen molar-refractivity contribution in [2.24, 2.45) is 5.92 Å². The summed E-state index contributed by atoms with van der Waals surface area (Å²) < 4.78 is 5.13. The van der Waals surface area contributed by atoms with E-state index in [0.717, 1.165) is 17.7 Å². The molecule has 9 nitrogen and oxygen atoms in total. The zero-order valence-corrected chi connectivity index (χ0v) is 18.9. The van der Waals surface area contributed by atoms with Crippen LogP contribution in [0.15, 0.2) is 58.6 Å². The summed E-state index contributed by atoms with van der Waals surface area (Å²) in [5, 5.41) is 3.85. The Bertz CT molecular complexity index is 1070. The number of carbonyl (C=O) groups is 4. The third-order valence-corrected chi connectivity index (χ3v) is 6.84. The molecule has 1 aromatic carbocycles. The van der Waals surface area contributed by atoms with E-state index in [1.165, 1.54) is 11.8 Å². The average molecular weight is 469 g/mol. The average Bonchev–Trinajstić information content (AvgIpc) is 3.04. The van der Waals surface area contributed by atoms with Crippen LogP contribution < -0.4 is 10.7 Å². The number of carbonyl (C=O) groups excluding carboxylic acids is 4. The molecule has 0 unspecified atom stereocenters. The van der Waals surface area contributed by atoms with Gasteiger partial charge in [0.1, 0.15) is 10.6 Å². The second kappa shape index (κ2) is 9.62. The number of imide groups is 1. The van der Waals surface area contributed by atoms with Gasteiger partial charge < -0.3 is 10.1 Å². The maximum atomic E-state index is 12.8. The Morgan fingerprint density at radius 1 is 1.18 bits per heavy atom. The highest BCUT2D eigenvalue weighted by Crippen LogP contribution is 2.35. The molecule has 0 bridgehead atoms. The summed E-state index contributed by atoms with van der Waals surface area (Å²) in [4.78, 5) is 55.2. The summed E-state index contributed by atoms with van der Waals surface area (Å²) in [5.41, 5.74) is 1.50. The summed E-state index contributed by atoms with van der Waals surface area (Å²) in [5.74, 6) is -1.51. The van der Waals surface area contributed by atoms with Gasteiger partial charge in [-0.1, -0.05) is 36.9 Å². The Morgan fingerprint density at radius 2 is 1.91 bits per heavy atom. The number of nitrogens with one attached hydrogen (secondary N) is 2. The van der Waals surface area contributed by atoms with Gasteiger partial charge in [0.05, 0.1) is 5.56 Å². The quantitative estimate of drug-likeness (QED) is 0.494. The van der Waals surface area contributed by atoms with E-state index in [0.29, 0.717) is 28.8 Å². The maximum Gasteiger partial charge on any atom is 0.344 e. The van der Waals surface area contributed by atoms with Gasteiger partial charge in [-0.3, -0.25) is 15.0 Å². The fourth-order valence-electron chi connectivity index (χ4n) is 3.91. The van der Waals surface area contributed by atoms with Crippen molar-refractivity contribution in [1.29, 1.82) is 0 Å². The van der Waals surface area contributed by atoms with Crippen molar-refractivity contribution in [3.8, 4) is 0 Å². The zero-order valence-electron chi connectivity index (χ0n) is 18.1. The predicted molar refractivity (Wildman–Crippen MR) is 119 cm³/mol. The maximum absolute atomic E-state index is 12.8. The number of hydrogen-bond acceptors (Lipinski definition) is 7. The number of urea groups is 1. The van der Waals surface area contributed by atoms with Crippen LogP contribution in [0.25, 0.3) is 0 Å². The molecule has 4 rings (SSSR count). The Morgan fingerprint density at radius 3 is 2.64 bits per heavy atom. The van der Waals surface area contributed by atoms with E-state index in [-0.39, 0.29) is 5.56 Å². The first-order valence-electron chi connectivity index (χ1n) is 10.7. The van der Waals surface area contributed by atoms with Gasteiger partial charge in [-0.15, -0.1) is 0 Å². The van der Waals surface area contributed by atoms with E-state index in [9.17, 15) is 19.2 Å². The molecular weight excluding hydrogens is 444 g/mol. The van der Waals surface area contributed by atoms with E-state index < -0.39 is 36.0 Å². The first-order valence-corrected chi connectivity index (χ1v) is 11.5. The van der Waals surface area contributed by atoms with Gasteiger partial charge in [-0.05, 0) is 55.9 Å². The third-order valence-electron chi connectivity index (χ3n) is 5.81. The lowest BCUT2D eigenvalue weighted by Gasteiger charge is -2.33. The van der Waals surface area contributed by atoms with Crippen LogP contribution in [0.4, 0.5) is 4.79 Å². The van der Waals surface area contributed by atoms with Gasteiger partial charge in [0.15, 0.2) is 6.61 Å². The molecule has 2 N–H and O–H groups in total. The molecule has 1 aromatic heterocycles. The first kappa shape index (κ1) is 22.8. The van der Waals surface area contributed by atoms with Gasteiger partial charge in [0.25, 0.3) is 11.8 Å². The van der Waals surface area contributed by atoms with Crippen LogP contribution in [0, 0.1) is 5.92 Å². The van der Waals surface area contributed by atoms with Gasteiger partial charge in [-0.2, -0.15) is 5.01 Å². The lowest BCUT2D eigenvalue weighted by atomic mass is 9.77. The standard InChI is InChI=1S/C23H24N4O5S/c1-15-9-11-23(12-10-15)21(30)27(22(31)25-23)26-18(28)14-32-20(29)17-8-5-13-24-19(17)33-16-6-3-2-4-7-16/h2-8,13,15H,9-12,14H2,1H3,(H,25,31)(H,26,28). The number of pyridine rings is 1. The molecule has 2 aliphatic rings. The molecular formula is C23H24N4O5S. The summed E-state index contributed by atoms with van der Waals surface area (Å²) in [6.45, 7) is 1.46. The number of amides is 4. The Kier molecular flexibility index (Phi) is 6.64. The van der Waals surface area contributed by atoms with E-state index in [1.54, 1.807) is 18.3 Å². The largest absolute Gasteiger partial charge is 0.452 e. The Balaban J connectivity index is 1.35. The number of benzene rings is 1. The smallest absolute Gasteiger partial charge is 0.344 e. The van der Waals surface area contributed by atoms with Gasteiger partial charge in [0, 0.05) is 11.1 Å². The van der Waals surface area contributed by atoms with Crippen molar-refractivity contribution in [3.63, 3.8) is 0 Å². The van der Waals surface area contributed by atoms with Gasteiger partial charge in [0.2, 0.25) is 0 Å². The Hall–Kier alpha value is -3.40. The lowest BCUT2D eigenvalue weighted by molar-refractivity contribution is -0.141. The van der Waals surface area contributed by atoms with Crippen LogP contribution in [0.5, 0.6) is 0 Å².